The number of carbonyl (C=O) groups excluding carboxylic acids is 1. The number of benzene rings is 1. The van der Waals surface area contributed by atoms with E-state index in [1.165, 1.54) is 5.56 Å². The molecule has 96 valence electrons. The van der Waals surface area contributed by atoms with Crippen LogP contribution >= 0.6 is 0 Å². The lowest BCUT2D eigenvalue weighted by Gasteiger charge is -2.37. The average molecular weight is 243 g/mol. The zero-order valence-corrected chi connectivity index (χ0v) is 11.4. The number of hydrogen-bond acceptors (Lipinski definition) is 1. The van der Waals surface area contributed by atoms with Crippen molar-refractivity contribution in [3.05, 3.63) is 48.0 Å². The first-order valence-electron chi connectivity index (χ1n) is 6.53. The monoisotopic (exact) mass is 243 g/mol. The molecule has 0 radical (unpaired) electrons. The van der Waals surface area contributed by atoms with E-state index in [1.54, 1.807) is 0 Å². The van der Waals surface area contributed by atoms with Gasteiger partial charge in [-0.3, -0.25) is 4.79 Å². The van der Waals surface area contributed by atoms with Crippen molar-refractivity contribution in [2.75, 3.05) is 6.54 Å². The summed E-state index contributed by atoms with van der Waals surface area (Å²) >= 11 is 0. The summed E-state index contributed by atoms with van der Waals surface area (Å²) in [5, 5.41) is 0. The predicted molar refractivity (Wildman–Crippen MR) is 74.1 cm³/mol. The third-order valence-electron chi connectivity index (χ3n) is 3.23. The molecular weight excluding hydrogens is 222 g/mol. The Morgan fingerprint density at radius 1 is 1.22 bits per heavy atom. The van der Waals surface area contributed by atoms with Crippen LogP contribution < -0.4 is 0 Å². The van der Waals surface area contributed by atoms with E-state index in [2.05, 4.69) is 24.3 Å². The molecule has 18 heavy (non-hydrogen) atoms. The summed E-state index contributed by atoms with van der Waals surface area (Å²) in [7, 11) is 0. The van der Waals surface area contributed by atoms with Gasteiger partial charge in [-0.15, -0.1) is 0 Å². The first-order chi connectivity index (χ1) is 8.50. The van der Waals surface area contributed by atoms with Crippen molar-refractivity contribution in [1.82, 2.24) is 4.90 Å². The molecule has 0 saturated heterocycles. The van der Waals surface area contributed by atoms with Gasteiger partial charge in [0.25, 0.3) is 0 Å². The van der Waals surface area contributed by atoms with Crippen molar-refractivity contribution in [1.29, 1.82) is 0 Å². The van der Waals surface area contributed by atoms with Crippen LogP contribution in [0.5, 0.6) is 0 Å². The lowest BCUT2D eigenvalue weighted by atomic mass is 9.91. The first-order valence-corrected chi connectivity index (χ1v) is 6.53. The van der Waals surface area contributed by atoms with Crippen LogP contribution in [-0.4, -0.2) is 17.4 Å². The van der Waals surface area contributed by atoms with Gasteiger partial charge in [0.15, 0.2) is 0 Å². The fourth-order valence-electron chi connectivity index (χ4n) is 2.28. The Morgan fingerprint density at radius 3 is 2.50 bits per heavy atom. The van der Waals surface area contributed by atoms with Gasteiger partial charge in [0.2, 0.25) is 5.91 Å². The van der Waals surface area contributed by atoms with E-state index < -0.39 is 0 Å². The molecule has 0 aliphatic carbocycles. The number of hydrogen-bond donors (Lipinski definition) is 0. The molecule has 0 saturated carbocycles. The van der Waals surface area contributed by atoms with Gasteiger partial charge in [0, 0.05) is 12.0 Å². The van der Waals surface area contributed by atoms with Crippen molar-refractivity contribution in [3.63, 3.8) is 0 Å². The molecule has 2 rings (SSSR count). The van der Waals surface area contributed by atoms with E-state index in [9.17, 15) is 4.79 Å². The van der Waals surface area contributed by atoms with Crippen LogP contribution in [-0.2, 0) is 4.79 Å². The Balaban J connectivity index is 2.30. The second-order valence-electron chi connectivity index (χ2n) is 5.82. The molecule has 0 spiro atoms. The molecule has 1 heterocycles. The fourth-order valence-corrected chi connectivity index (χ4v) is 2.28. The van der Waals surface area contributed by atoms with E-state index in [0.717, 1.165) is 13.0 Å². The maximum Gasteiger partial charge on any atom is 0.228 e. The van der Waals surface area contributed by atoms with Crippen molar-refractivity contribution >= 4 is 5.91 Å². The van der Waals surface area contributed by atoms with Gasteiger partial charge in [-0.05, 0) is 12.0 Å². The highest BCUT2D eigenvalue weighted by atomic mass is 16.2. The Hall–Kier alpha value is -1.57. The van der Waals surface area contributed by atoms with Gasteiger partial charge in [0.05, 0.1) is 6.04 Å². The molecular formula is C16H21NO. The number of amides is 1. The predicted octanol–water partition coefficient (Wildman–Crippen LogP) is 3.56. The van der Waals surface area contributed by atoms with Crippen LogP contribution in [0, 0.1) is 5.41 Å². The lowest BCUT2D eigenvalue weighted by molar-refractivity contribution is -0.141. The van der Waals surface area contributed by atoms with Crippen LogP contribution in [0.3, 0.4) is 0 Å². The maximum atomic E-state index is 12.5. The summed E-state index contributed by atoms with van der Waals surface area (Å²) < 4.78 is 0. The molecule has 0 bridgehead atoms. The summed E-state index contributed by atoms with van der Waals surface area (Å²) in [5.41, 5.74) is 0.865. The highest BCUT2D eigenvalue weighted by Gasteiger charge is 2.32. The molecule has 0 unspecified atom stereocenters. The SMILES string of the molecule is CC(C)(C)C(=O)N1CCC=C[C@H]1c1ccccc1. The molecule has 2 nitrogen and oxygen atoms in total. The molecule has 1 aliphatic rings. The second-order valence-corrected chi connectivity index (χ2v) is 5.82. The number of rotatable bonds is 1. The van der Waals surface area contributed by atoms with Gasteiger partial charge in [0.1, 0.15) is 0 Å². The zero-order chi connectivity index (χ0) is 13.2. The van der Waals surface area contributed by atoms with Crippen molar-refractivity contribution in [2.45, 2.75) is 33.2 Å². The highest BCUT2D eigenvalue weighted by molar-refractivity contribution is 5.82. The smallest absolute Gasteiger partial charge is 0.228 e. The van der Waals surface area contributed by atoms with E-state index in [4.69, 9.17) is 0 Å². The normalized spacial score (nSPS) is 19.9. The zero-order valence-electron chi connectivity index (χ0n) is 11.4. The van der Waals surface area contributed by atoms with E-state index in [1.807, 2.05) is 43.9 Å². The minimum atomic E-state index is -0.321. The molecule has 1 aromatic rings. The van der Waals surface area contributed by atoms with Crippen LogP contribution in [0.4, 0.5) is 0 Å². The van der Waals surface area contributed by atoms with Crippen LogP contribution in [0.15, 0.2) is 42.5 Å². The van der Waals surface area contributed by atoms with E-state index in [0.29, 0.717) is 0 Å². The molecule has 1 atom stereocenters. The van der Waals surface area contributed by atoms with Crippen LogP contribution in [0.1, 0.15) is 38.8 Å². The van der Waals surface area contributed by atoms with Gasteiger partial charge in [-0.25, -0.2) is 0 Å². The van der Waals surface area contributed by atoms with Crippen LogP contribution in [0.2, 0.25) is 0 Å². The molecule has 1 aliphatic heterocycles. The summed E-state index contributed by atoms with van der Waals surface area (Å²) in [4.78, 5) is 14.5. The topological polar surface area (TPSA) is 20.3 Å². The Kier molecular flexibility index (Phi) is 3.55. The van der Waals surface area contributed by atoms with Gasteiger partial charge < -0.3 is 4.90 Å². The summed E-state index contributed by atoms with van der Waals surface area (Å²) in [5.74, 6) is 0.223. The minimum Gasteiger partial charge on any atom is -0.331 e. The Labute approximate surface area is 109 Å². The Bertz CT molecular complexity index is 442. The minimum absolute atomic E-state index is 0.0895. The molecule has 1 amide bonds. The summed E-state index contributed by atoms with van der Waals surface area (Å²) in [6.07, 6.45) is 5.26. The van der Waals surface area contributed by atoms with Gasteiger partial charge >= 0.3 is 0 Å². The van der Waals surface area contributed by atoms with E-state index in [-0.39, 0.29) is 17.4 Å². The number of nitrogens with zero attached hydrogens (tertiary/aromatic N) is 1. The molecule has 1 aromatic carbocycles. The number of carbonyl (C=O) groups is 1. The quantitative estimate of drug-likeness (QED) is 0.691. The summed E-state index contributed by atoms with van der Waals surface area (Å²) in [6, 6.07) is 10.3. The second kappa shape index (κ2) is 4.97. The van der Waals surface area contributed by atoms with E-state index >= 15 is 0 Å². The van der Waals surface area contributed by atoms with Crippen molar-refractivity contribution < 1.29 is 4.79 Å². The van der Waals surface area contributed by atoms with Crippen LogP contribution in [0.25, 0.3) is 0 Å². The largest absolute Gasteiger partial charge is 0.331 e. The van der Waals surface area contributed by atoms with Crippen molar-refractivity contribution in [2.24, 2.45) is 5.41 Å². The Morgan fingerprint density at radius 2 is 1.89 bits per heavy atom. The standard InChI is InChI=1S/C16H21NO/c1-16(2,3)15(18)17-12-8-7-11-14(17)13-9-5-4-6-10-13/h4-7,9-11,14H,8,12H2,1-3H3/t14-/m0/s1. The fraction of sp³-hybridized carbons (Fsp3) is 0.438. The maximum absolute atomic E-state index is 12.5. The van der Waals surface area contributed by atoms with Gasteiger partial charge in [-0.1, -0.05) is 63.3 Å². The third-order valence-corrected chi connectivity index (χ3v) is 3.23. The summed E-state index contributed by atoms with van der Waals surface area (Å²) in [6.45, 7) is 6.76. The molecule has 0 fully saturated rings. The highest BCUT2D eigenvalue weighted by Crippen LogP contribution is 2.30. The third kappa shape index (κ3) is 2.63. The molecule has 0 N–H and O–H groups in total. The lowest BCUT2D eigenvalue weighted by Crippen LogP contribution is -2.43. The average Bonchev–Trinajstić information content (AvgIpc) is 2.38. The first kappa shape index (κ1) is 12.9. The molecule has 0 aromatic heterocycles. The van der Waals surface area contributed by atoms with Crippen molar-refractivity contribution in [3.8, 4) is 0 Å². The van der Waals surface area contributed by atoms with Gasteiger partial charge in [-0.2, -0.15) is 0 Å². The molecule has 2 heteroatoms.